The molecule has 0 bridgehead atoms. The van der Waals surface area contributed by atoms with E-state index in [4.69, 9.17) is 0 Å². The van der Waals surface area contributed by atoms with Crippen LogP contribution in [0.2, 0.25) is 0 Å². The lowest BCUT2D eigenvalue weighted by atomic mass is 10.1. The molecule has 5 nitrogen and oxygen atoms in total. The molecule has 0 aliphatic carbocycles. The highest BCUT2D eigenvalue weighted by Crippen LogP contribution is 2.11. The third-order valence-corrected chi connectivity index (χ3v) is 5.51. The predicted octanol–water partition coefficient (Wildman–Crippen LogP) is 1.69. The van der Waals surface area contributed by atoms with Crippen LogP contribution in [0.5, 0.6) is 0 Å². The molecule has 1 aliphatic rings. The largest absolute Gasteiger partial charge is 0.355 e. The summed E-state index contributed by atoms with van der Waals surface area (Å²) < 4.78 is 37.0. The smallest absolute Gasteiger partial charge is 0.251 e. The topological polar surface area (TPSA) is 56.7 Å². The van der Waals surface area contributed by atoms with Gasteiger partial charge < -0.3 is 10.6 Å². The summed E-state index contributed by atoms with van der Waals surface area (Å²) in [4.78, 5) is 6.79. The van der Waals surface area contributed by atoms with Gasteiger partial charge in [0.15, 0.2) is 5.96 Å². The zero-order chi connectivity index (χ0) is 18.1. The molecular weight excluding hydrogens is 346 g/mol. The van der Waals surface area contributed by atoms with Crippen molar-refractivity contribution in [3.63, 3.8) is 0 Å². The first kappa shape index (κ1) is 19.8. The van der Waals surface area contributed by atoms with Gasteiger partial charge in [0.05, 0.1) is 17.3 Å². The fourth-order valence-corrected chi connectivity index (χ4v) is 3.78. The van der Waals surface area contributed by atoms with Crippen molar-refractivity contribution in [2.75, 3.05) is 39.0 Å². The lowest BCUT2D eigenvalue weighted by Gasteiger charge is -2.32. The van der Waals surface area contributed by atoms with Crippen LogP contribution < -0.4 is 10.6 Å². The monoisotopic (exact) mass is 372 g/mol. The molecule has 1 atom stereocenters. The maximum Gasteiger partial charge on any atom is 0.251 e. The molecule has 2 N–H and O–H groups in total. The number of benzene rings is 1. The van der Waals surface area contributed by atoms with Crippen LogP contribution in [-0.2, 0) is 10.8 Å². The first-order valence-corrected chi connectivity index (χ1v) is 9.81. The summed E-state index contributed by atoms with van der Waals surface area (Å²) in [5, 5.41) is 6.49. The molecular formula is C17H26F2N4OS. The summed E-state index contributed by atoms with van der Waals surface area (Å²) in [5.74, 6) is 1.16. The second-order valence-electron chi connectivity index (χ2n) is 5.97. The quantitative estimate of drug-likeness (QED) is 0.565. The highest BCUT2D eigenvalue weighted by molar-refractivity contribution is 7.85. The van der Waals surface area contributed by atoms with E-state index in [1.165, 1.54) is 0 Å². The van der Waals surface area contributed by atoms with E-state index in [9.17, 15) is 13.0 Å². The van der Waals surface area contributed by atoms with E-state index < -0.39 is 17.2 Å². The van der Waals surface area contributed by atoms with Crippen molar-refractivity contribution in [3.05, 3.63) is 30.3 Å². The Balaban J connectivity index is 1.68. The zero-order valence-corrected chi connectivity index (χ0v) is 15.3. The minimum Gasteiger partial charge on any atom is -0.355 e. The van der Waals surface area contributed by atoms with Gasteiger partial charge in [0.2, 0.25) is 0 Å². The highest BCUT2D eigenvalue weighted by Gasteiger charge is 2.21. The van der Waals surface area contributed by atoms with Crippen molar-refractivity contribution >= 4 is 16.8 Å². The molecule has 0 spiro atoms. The lowest BCUT2D eigenvalue weighted by molar-refractivity contribution is 0.0744. The number of piperidine rings is 1. The Hall–Kier alpha value is -1.54. The normalized spacial score (nSPS) is 18.3. The fourth-order valence-electron chi connectivity index (χ4n) is 2.80. The maximum atomic E-state index is 12.4. The molecule has 0 radical (unpaired) electrons. The van der Waals surface area contributed by atoms with E-state index >= 15 is 0 Å². The Kier molecular flexibility index (Phi) is 8.27. The van der Waals surface area contributed by atoms with Gasteiger partial charge in [0, 0.05) is 43.4 Å². The van der Waals surface area contributed by atoms with Gasteiger partial charge in [-0.2, -0.15) is 0 Å². The van der Waals surface area contributed by atoms with Crippen LogP contribution in [0.1, 0.15) is 12.8 Å². The van der Waals surface area contributed by atoms with Crippen molar-refractivity contribution in [1.29, 1.82) is 0 Å². The second-order valence-corrected chi connectivity index (χ2v) is 7.54. The minimum absolute atomic E-state index is 0.148. The van der Waals surface area contributed by atoms with Crippen LogP contribution in [0.4, 0.5) is 8.78 Å². The number of likely N-dealkylation sites (tertiary alicyclic amines) is 1. The molecule has 0 aromatic heterocycles. The summed E-state index contributed by atoms with van der Waals surface area (Å²) in [6.45, 7) is 1.73. The number of alkyl halides is 2. The molecule has 1 aromatic carbocycles. The van der Waals surface area contributed by atoms with E-state index in [0.29, 0.717) is 31.3 Å². The number of hydrogen-bond acceptors (Lipinski definition) is 3. The lowest BCUT2D eigenvalue weighted by Crippen LogP contribution is -2.49. The number of nitrogens with zero attached hydrogens (tertiary/aromatic N) is 2. The van der Waals surface area contributed by atoms with Crippen molar-refractivity contribution < 1.29 is 13.0 Å². The number of nitrogens with one attached hydrogen (secondary N) is 2. The van der Waals surface area contributed by atoms with Crippen molar-refractivity contribution in [3.8, 4) is 0 Å². The maximum absolute atomic E-state index is 12.4. The molecule has 1 aliphatic heterocycles. The average molecular weight is 372 g/mol. The van der Waals surface area contributed by atoms with E-state index in [1.54, 1.807) is 11.9 Å². The van der Waals surface area contributed by atoms with Crippen LogP contribution in [0, 0.1) is 0 Å². The van der Waals surface area contributed by atoms with Crippen LogP contribution >= 0.6 is 0 Å². The molecule has 0 saturated carbocycles. The molecule has 0 amide bonds. The SMILES string of the molecule is CN=C(NCCS(=O)c1ccccc1)NC1CCN(CC(F)F)CC1. The van der Waals surface area contributed by atoms with Gasteiger partial charge >= 0.3 is 0 Å². The Morgan fingerprint density at radius 2 is 2.00 bits per heavy atom. The van der Waals surface area contributed by atoms with E-state index in [-0.39, 0.29) is 12.6 Å². The third-order valence-electron chi connectivity index (χ3n) is 4.13. The van der Waals surface area contributed by atoms with Crippen LogP contribution in [0.15, 0.2) is 40.2 Å². The third kappa shape index (κ3) is 7.07. The molecule has 8 heteroatoms. The van der Waals surface area contributed by atoms with E-state index in [1.807, 2.05) is 30.3 Å². The first-order valence-electron chi connectivity index (χ1n) is 8.49. The van der Waals surface area contributed by atoms with Gasteiger partial charge in [-0.15, -0.1) is 0 Å². The van der Waals surface area contributed by atoms with Gasteiger partial charge in [-0.05, 0) is 25.0 Å². The van der Waals surface area contributed by atoms with Gasteiger partial charge in [-0.1, -0.05) is 18.2 Å². The molecule has 2 rings (SSSR count). The van der Waals surface area contributed by atoms with Crippen molar-refractivity contribution in [1.82, 2.24) is 15.5 Å². The first-order chi connectivity index (χ1) is 12.1. The molecule has 1 saturated heterocycles. The number of aliphatic imine (C=N–C) groups is 1. The van der Waals surface area contributed by atoms with E-state index in [2.05, 4.69) is 15.6 Å². The van der Waals surface area contributed by atoms with Gasteiger partial charge in [-0.25, -0.2) is 8.78 Å². The number of guanidine groups is 1. The molecule has 140 valence electrons. The summed E-state index contributed by atoms with van der Waals surface area (Å²) in [6, 6.07) is 9.59. The zero-order valence-electron chi connectivity index (χ0n) is 14.5. The molecule has 1 unspecified atom stereocenters. The Bertz CT molecular complexity index is 563. The average Bonchev–Trinajstić information content (AvgIpc) is 2.62. The standard InChI is InChI=1S/C17H26F2N4OS/c1-20-17(21-9-12-25(24)15-5-3-2-4-6-15)22-14-7-10-23(11-8-14)13-16(18)19/h2-6,14,16H,7-13H2,1H3,(H2,20,21,22). The van der Waals surface area contributed by atoms with Gasteiger partial charge in [-0.3, -0.25) is 14.1 Å². The van der Waals surface area contributed by atoms with Crippen LogP contribution in [0.3, 0.4) is 0 Å². The Labute approximate surface area is 150 Å². The molecule has 1 fully saturated rings. The fraction of sp³-hybridized carbons (Fsp3) is 0.588. The summed E-state index contributed by atoms with van der Waals surface area (Å²) >= 11 is 0. The summed E-state index contributed by atoms with van der Waals surface area (Å²) in [7, 11) is 0.648. The summed E-state index contributed by atoms with van der Waals surface area (Å²) in [6.07, 6.45) is -0.656. The van der Waals surface area contributed by atoms with E-state index in [0.717, 1.165) is 17.7 Å². The van der Waals surface area contributed by atoms with Crippen molar-refractivity contribution in [2.45, 2.75) is 30.2 Å². The Morgan fingerprint density at radius 1 is 1.32 bits per heavy atom. The second kappa shape index (κ2) is 10.5. The van der Waals surface area contributed by atoms with Crippen LogP contribution in [-0.4, -0.2) is 66.5 Å². The molecule has 25 heavy (non-hydrogen) atoms. The van der Waals surface area contributed by atoms with Crippen LogP contribution in [0.25, 0.3) is 0 Å². The Morgan fingerprint density at radius 3 is 2.60 bits per heavy atom. The number of halogens is 2. The van der Waals surface area contributed by atoms with Gasteiger partial charge in [0.1, 0.15) is 0 Å². The van der Waals surface area contributed by atoms with Crippen molar-refractivity contribution in [2.24, 2.45) is 4.99 Å². The predicted molar refractivity (Wildman–Crippen MR) is 97.7 cm³/mol. The number of hydrogen-bond donors (Lipinski definition) is 2. The molecule has 1 heterocycles. The minimum atomic E-state index is -2.27. The molecule has 1 aromatic rings. The highest BCUT2D eigenvalue weighted by atomic mass is 32.2. The summed E-state index contributed by atoms with van der Waals surface area (Å²) in [5.41, 5.74) is 0. The number of rotatable bonds is 7. The van der Waals surface area contributed by atoms with Gasteiger partial charge in [0.25, 0.3) is 6.43 Å².